The quantitative estimate of drug-likeness (QED) is 0.796. The van der Waals surface area contributed by atoms with Crippen LogP contribution < -0.4 is 5.32 Å². The second-order valence-corrected chi connectivity index (χ2v) is 5.39. The van der Waals surface area contributed by atoms with E-state index >= 15 is 0 Å². The summed E-state index contributed by atoms with van der Waals surface area (Å²) < 4.78 is 1.85. The van der Waals surface area contributed by atoms with E-state index in [1.807, 2.05) is 47.2 Å². The summed E-state index contributed by atoms with van der Waals surface area (Å²) in [5, 5.41) is 4.87. The van der Waals surface area contributed by atoms with Gasteiger partial charge in [0.05, 0.1) is 6.54 Å². The maximum atomic E-state index is 12.0. The van der Waals surface area contributed by atoms with Crippen LogP contribution in [0.25, 0.3) is 5.65 Å². The van der Waals surface area contributed by atoms with Crippen LogP contribution in [0, 0.1) is 6.92 Å². The summed E-state index contributed by atoms with van der Waals surface area (Å²) in [6.45, 7) is 2.55. The van der Waals surface area contributed by atoms with Crippen molar-refractivity contribution in [2.75, 3.05) is 0 Å². The molecular weight excluding hydrogens is 258 g/mol. The Bertz CT molecular complexity index is 715. The van der Waals surface area contributed by atoms with Gasteiger partial charge in [-0.25, -0.2) is 4.98 Å². The zero-order valence-electron chi connectivity index (χ0n) is 10.5. The number of imidazole rings is 1. The number of rotatable bonds is 3. The summed E-state index contributed by atoms with van der Waals surface area (Å²) in [7, 11) is 0. The second kappa shape index (κ2) is 4.85. The minimum absolute atomic E-state index is 0.144. The minimum Gasteiger partial charge on any atom is -0.346 e. The Morgan fingerprint density at radius 3 is 3.16 bits per heavy atom. The third-order valence-corrected chi connectivity index (χ3v) is 3.73. The number of nitrogens with one attached hydrogen (secondary N) is 1. The lowest BCUT2D eigenvalue weighted by Gasteiger charge is -1.99. The summed E-state index contributed by atoms with van der Waals surface area (Å²) in [5.74, 6) is -0.144. The fraction of sp³-hybridized carbons (Fsp3) is 0.143. The lowest BCUT2D eigenvalue weighted by Crippen LogP contribution is -2.22. The predicted molar refractivity (Wildman–Crippen MR) is 75.4 cm³/mol. The molecule has 0 aliphatic rings. The first-order chi connectivity index (χ1) is 9.22. The molecule has 0 radical (unpaired) electrons. The Hall–Kier alpha value is -2.14. The number of aryl methyl sites for hydroxylation is 1. The van der Waals surface area contributed by atoms with Gasteiger partial charge in [-0.2, -0.15) is 0 Å². The number of hydrogen-bond acceptors (Lipinski definition) is 3. The molecule has 0 aromatic carbocycles. The van der Waals surface area contributed by atoms with Crippen LogP contribution >= 0.6 is 11.3 Å². The molecule has 0 saturated heterocycles. The lowest BCUT2D eigenvalue weighted by atomic mass is 10.3. The van der Waals surface area contributed by atoms with E-state index in [4.69, 9.17) is 0 Å². The highest BCUT2D eigenvalue weighted by atomic mass is 32.1. The van der Waals surface area contributed by atoms with Crippen molar-refractivity contribution in [1.29, 1.82) is 0 Å². The van der Waals surface area contributed by atoms with Gasteiger partial charge >= 0.3 is 0 Å². The third-order valence-electron chi connectivity index (χ3n) is 2.85. The van der Waals surface area contributed by atoms with Crippen molar-refractivity contribution in [3.8, 4) is 0 Å². The molecule has 96 valence electrons. The van der Waals surface area contributed by atoms with Crippen LogP contribution in [0.3, 0.4) is 0 Å². The Labute approximate surface area is 114 Å². The molecule has 3 aromatic heterocycles. The number of amides is 1. The summed E-state index contributed by atoms with van der Waals surface area (Å²) in [4.78, 5) is 17.5. The molecule has 1 amide bonds. The Morgan fingerprint density at radius 1 is 1.47 bits per heavy atom. The molecule has 0 saturated carbocycles. The molecule has 0 spiro atoms. The van der Waals surface area contributed by atoms with Gasteiger partial charge < -0.3 is 9.72 Å². The average molecular weight is 271 g/mol. The van der Waals surface area contributed by atoms with Gasteiger partial charge in [-0.05, 0) is 36.1 Å². The van der Waals surface area contributed by atoms with Crippen LogP contribution in [0.1, 0.15) is 20.9 Å². The monoisotopic (exact) mass is 271 g/mol. The Kier molecular flexibility index (Phi) is 3.05. The van der Waals surface area contributed by atoms with Crippen molar-refractivity contribution in [2.24, 2.45) is 0 Å². The number of aromatic nitrogens is 2. The van der Waals surface area contributed by atoms with Crippen LogP contribution in [0.15, 0.2) is 42.0 Å². The summed E-state index contributed by atoms with van der Waals surface area (Å²) in [5.41, 5.74) is 2.37. The van der Waals surface area contributed by atoms with Crippen LogP contribution in [-0.2, 0) is 6.54 Å². The first-order valence-corrected chi connectivity index (χ1v) is 6.86. The van der Waals surface area contributed by atoms with Crippen molar-refractivity contribution in [1.82, 2.24) is 14.7 Å². The number of thiophene rings is 1. The standard InChI is InChI=1S/C14H13N3OS/c1-10-4-5-17-9-12(16-13(17)7-10)14(18)15-8-11-3-2-6-19-11/h2-7,9H,8H2,1H3,(H,15,18). The van der Waals surface area contributed by atoms with Crippen LogP contribution in [0.5, 0.6) is 0 Å². The summed E-state index contributed by atoms with van der Waals surface area (Å²) >= 11 is 1.63. The van der Waals surface area contributed by atoms with Crippen molar-refractivity contribution in [3.63, 3.8) is 0 Å². The number of hydrogen-bond donors (Lipinski definition) is 1. The average Bonchev–Trinajstić information content (AvgIpc) is 3.04. The van der Waals surface area contributed by atoms with E-state index in [1.165, 1.54) is 0 Å². The van der Waals surface area contributed by atoms with Crippen molar-refractivity contribution >= 4 is 22.9 Å². The first-order valence-electron chi connectivity index (χ1n) is 5.98. The summed E-state index contributed by atoms with van der Waals surface area (Å²) in [6.07, 6.45) is 3.66. The normalized spacial score (nSPS) is 10.8. The molecule has 3 rings (SSSR count). The number of carbonyl (C=O) groups excluding carboxylic acids is 1. The SMILES string of the molecule is Cc1ccn2cc(C(=O)NCc3cccs3)nc2c1. The topological polar surface area (TPSA) is 46.4 Å². The molecule has 0 fully saturated rings. The van der Waals surface area contributed by atoms with E-state index in [-0.39, 0.29) is 5.91 Å². The van der Waals surface area contributed by atoms with Gasteiger partial charge in [-0.3, -0.25) is 4.79 Å². The van der Waals surface area contributed by atoms with Gasteiger partial charge in [0.15, 0.2) is 0 Å². The molecule has 0 bridgehead atoms. The highest BCUT2D eigenvalue weighted by Gasteiger charge is 2.10. The highest BCUT2D eigenvalue weighted by Crippen LogP contribution is 2.10. The molecule has 0 aliphatic carbocycles. The minimum atomic E-state index is -0.144. The van der Waals surface area contributed by atoms with Gasteiger partial charge in [0.2, 0.25) is 0 Å². The fourth-order valence-corrected chi connectivity index (χ4v) is 2.51. The molecule has 0 unspecified atom stereocenters. The van der Waals surface area contributed by atoms with Crippen LogP contribution in [0.2, 0.25) is 0 Å². The van der Waals surface area contributed by atoms with E-state index in [0.717, 1.165) is 16.1 Å². The number of pyridine rings is 1. The van der Waals surface area contributed by atoms with Crippen LogP contribution in [0.4, 0.5) is 0 Å². The van der Waals surface area contributed by atoms with Crippen molar-refractivity contribution in [2.45, 2.75) is 13.5 Å². The second-order valence-electron chi connectivity index (χ2n) is 4.36. The molecular formula is C14H13N3OS. The zero-order valence-corrected chi connectivity index (χ0v) is 11.3. The van der Waals surface area contributed by atoms with Gasteiger partial charge in [0.25, 0.3) is 5.91 Å². The smallest absolute Gasteiger partial charge is 0.271 e. The maximum Gasteiger partial charge on any atom is 0.271 e. The third kappa shape index (κ3) is 2.51. The molecule has 1 N–H and O–H groups in total. The van der Waals surface area contributed by atoms with E-state index in [9.17, 15) is 4.79 Å². The zero-order chi connectivity index (χ0) is 13.2. The van der Waals surface area contributed by atoms with Gasteiger partial charge in [-0.15, -0.1) is 11.3 Å². The molecule has 0 atom stereocenters. The van der Waals surface area contributed by atoms with E-state index in [1.54, 1.807) is 17.5 Å². The largest absolute Gasteiger partial charge is 0.346 e. The van der Waals surface area contributed by atoms with E-state index in [2.05, 4.69) is 10.3 Å². The molecule has 5 heteroatoms. The van der Waals surface area contributed by atoms with Crippen LogP contribution in [-0.4, -0.2) is 15.3 Å². The number of fused-ring (bicyclic) bond motifs is 1. The van der Waals surface area contributed by atoms with Crippen molar-refractivity contribution < 1.29 is 4.79 Å². The van der Waals surface area contributed by atoms with Crippen molar-refractivity contribution in [3.05, 3.63) is 58.2 Å². The molecule has 4 nitrogen and oxygen atoms in total. The molecule has 19 heavy (non-hydrogen) atoms. The molecule has 3 aromatic rings. The Morgan fingerprint density at radius 2 is 2.37 bits per heavy atom. The predicted octanol–water partition coefficient (Wildman–Crippen LogP) is 2.63. The van der Waals surface area contributed by atoms with E-state index < -0.39 is 0 Å². The summed E-state index contributed by atoms with van der Waals surface area (Å²) in [6, 6.07) is 7.91. The Balaban J connectivity index is 1.77. The lowest BCUT2D eigenvalue weighted by molar-refractivity contribution is 0.0947. The van der Waals surface area contributed by atoms with E-state index in [0.29, 0.717) is 12.2 Å². The number of nitrogens with zero attached hydrogens (tertiary/aromatic N) is 2. The highest BCUT2D eigenvalue weighted by molar-refractivity contribution is 7.09. The first kappa shape index (κ1) is 11.9. The molecule has 0 aliphatic heterocycles. The molecule has 3 heterocycles. The number of carbonyl (C=O) groups is 1. The fourth-order valence-electron chi connectivity index (χ4n) is 1.86. The van der Waals surface area contributed by atoms with Gasteiger partial charge in [0.1, 0.15) is 11.3 Å². The maximum absolute atomic E-state index is 12.0. The van der Waals surface area contributed by atoms with Gasteiger partial charge in [0, 0.05) is 17.3 Å². The van der Waals surface area contributed by atoms with Gasteiger partial charge in [-0.1, -0.05) is 6.07 Å².